The van der Waals surface area contributed by atoms with Crippen molar-refractivity contribution in [2.75, 3.05) is 0 Å². The Morgan fingerprint density at radius 2 is 1.50 bits per heavy atom. The number of thiocarbonyl (C=S) groups is 1. The van der Waals surface area contributed by atoms with Gasteiger partial charge < -0.3 is 0 Å². The molecular formula is C24H25F4NS. The molecule has 0 bridgehead atoms. The van der Waals surface area contributed by atoms with Crippen LogP contribution in [0.5, 0.6) is 0 Å². The van der Waals surface area contributed by atoms with Gasteiger partial charge in [0.2, 0.25) is 0 Å². The second-order valence-corrected chi connectivity index (χ2v) is 8.20. The Bertz CT molecular complexity index is 898. The monoisotopic (exact) mass is 435 g/mol. The maximum atomic E-state index is 14.4. The van der Waals surface area contributed by atoms with E-state index >= 15 is 0 Å². The van der Waals surface area contributed by atoms with Gasteiger partial charge in [0, 0.05) is 0 Å². The van der Waals surface area contributed by atoms with Crippen molar-refractivity contribution >= 4 is 23.1 Å². The lowest BCUT2D eigenvalue weighted by molar-refractivity contribution is 0.303. The Labute approximate surface area is 180 Å². The Hall–Kier alpha value is -2.04. The minimum Gasteiger partial charge on any atom is -0.203 e. The second kappa shape index (κ2) is 10.3. The van der Waals surface area contributed by atoms with Crippen molar-refractivity contribution in [3.8, 4) is 11.1 Å². The predicted molar refractivity (Wildman–Crippen MR) is 115 cm³/mol. The normalized spacial score (nSPS) is 18.8. The SMILES string of the molecule is CCCCCC1CCC(c2ccc(-c3c(F)c(F)c(N=C=S)c(F)c3F)cc2)CC1. The Balaban J connectivity index is 1.76. The van der Waals surface area contributed by atoms with E-state index in [9.17, 15) is 17.6 Å². The van der Waals surface area contributed by atoms with Crippen LogP contribution in [0.1, 0.15) is 69.8 Å². The zero-order valence-corrected chi connectivity index (χ0v) is 17.8. The van der Waals surface area contributed by atoms with Crippen LogP contribution < -0.4 is 0 Å². The Kier molecular flexibility index (Phi) is 7.79. The zero-order chi connectivity index (χ0) is 21.7. The van der Waals surface area contributed by atoms with Crippen molar-refractivity contribution in [3.63, 3.8) is 0 Å². The molecule has 0 amide bonds. The van der Waals surface area contributed by atoms with E-state index in [1.807, 2.05) is 0 Å². The first-order chi connectivity index (χ1) is 14.5. The fourth-order valence-electron chi connectivity index (χ4n) is 4.41. The van der Waals surface area contributed by atoms with Gasteiger partial charge in [-0.2, -0.15) is 4.99 Å². The third-order valence-electron chi connectivity index (χ3n) is 6.13. The highest BCUT2D eigenvalue weighted by molar-refractivity contribution is 7.78. The van der Waals surface area contributed by atoms with Gasteiger partial charge in [0.05, 0.1) is 10.7 Å². The largest absolute Gasteiger partial charge is 0.203 e. The molecule has 6 heteroatoms. The van der Waals surface area contributed by atoms with Crippen molar-refractivity contribution < 1.29 is 17.6 Å². The first-order valence-corrected chi connectivity index (χ1v) is 10.9. The molecule has 1 nitrogen and oxygen atoms in total. The third kappa shape index (κ3) is 4.81. The van der Waals surface area contributed by atoms with Crippen LogP contribution >= 0.6 is 12.2 Å². The summed E-state index contributed by atoms with van der Waals surface area (Å²) in [6, 6.07) is 6.64. The molecule has 2 aromatic rings. The lowest BCUT2D eigenvalue weighted by atomic mass is 9.77. The first-order valence-electron chi connectivity index (χ1n) is 10.5. The standard InChI is InChI=1S/C24H25F4NS/c1-2-3-4-5-15-6-8-16(9-7-15)17-10-12-18(13-11-17)19-20(25)22(27)24(29-14-30)23(28)21(19)26/h10-13,15-16H,2-9H2,1H3. The molecule has 0 unspecified atom stereocenters. The number of hydrogen-bond acceptors (Lipinski definition) is 2. The maximum absolute atomic E-state index is 14.4. The average molecular weight is 436 g/mol. The van der Waals surface area contributed by atoms with Gasteiger partial charge in [-0.15, -0.1) is 0 Å². The van der Waals surface area contributed by atoms with Gasteiger partial charge in [0.15, 0.2) is 29.0 Å². The topological polar surface area (TPSA) is 12.4 Å². The summed E-state index contributed by atoms with van der Waals surface area (Å²) < 4.78 is 57.1. The fourth-order valence-corrected chi connectivity index (χ4v) is 4.50. The van der Waals surface area contributed by atoms with Gasteiger partial charge in [-0.05, 0) is 60.9 Å². The predicted octanol–water partition coefficient (Wildman–Crippen LogP) is 8.50. The van der Waals surface area contributed by atoms with Crippen LogP contribution in [0.3, 0.4) is 0 Å². The van der Waals surface area contributed by atoms with E-state index in [0.29, 0.717) is 5.92 Å². The molecule has 1 aliphatic carbocycles. The summed E-state index contributed by atoms with van der Waals surface area (Å²) in [7, 11) is 0. The van der Waals surface area contributed by atoms with E-state index in [4.69, 9.17) is 0 Å². The molecule has 0 heterocycles. The van der Waals surface area contributed by atoms with Crippen LogP contribution in [0.4, 0.5) is 23.2 Å². The number of unbranched alkanes of at least 4 members (excludes halogenated alkanes) is 2. The molecule has 0 atom stereocenters. The minimum atomic E-state index is -1.58. The van der Waals surface area contributed by atoms with E-state index in [-0.39, 0.29) is 5.56 Å². The molecule has 3 rings (SSSR count). The number of hydrogen-bond donors (Lipinski definition) is 0. The van der Waals surface area contributed by atoms with Gasteiger partial charge in [0.25, 0.3) is 0 Å². The smallest absolute Gasteiger partial charge is 0.189 e. The maximum Gasteiger partial charge on any atom is 0.189 e. The lowest BCUT2D eigenvalue weighted by Crippen LogP contribution is -2.13. The van der Waals surface area contributed by atoms with Crippen molar-refractivity contribution in [1.82, 2.24) is 0 Å². The molecule has 0 aliphatic heterocycles. The van der Waals surface area contributed by atoms with E-state index < -0.39 is 34.5 Å². The molecule has 0 aromatic heterocycles. The first kappa shape index (κ1) is 22.6. The fraction of sp³-hybridized carbons (Fsp3) is 0.458. The highest BCUT2D eigenvalue weighted by Gasteiger charge is 2.27. The molecule has 1 saturated carbocycles. The number of rotatable bonds is 7. The van der Waals surface area contributed by atoms with Gasteiger partial charge in [-0.1, -0.05) is 56.9 Å². The van der Waals surface area contributed by atoms with Crippen LogP contribution in [0.2, 0.25) is 0 Å². The van der Waals surface area contributed by atoms with E-state index in [2.05, 4.69) is 24.1 Å². The van der Waals surface area contributed by atoms with Gasteiger partial charge in [-0.25, -0.2) is 17.6 Å². The Morgan fingerprint density at radius 3 is 2.03 bits per heavy atom. The summed E-state index contributed by atoms with van der Waals surface area (Å²) in [4.78, 5) is 3.10. The number of halogens is 4. The highest BCUT2D eigenvalue weighted by atomic mass is 32.1. The summed E-state index contributed by atoms with van der Waals surface area (Å²) in [5, 5.41) is 1.74. The van der Waals surface area contributed by atoms with Crippen molar-refractivity contribution in [1.29, 1.82) is 0 Å². The number of nitrogens with zero attached hydrogens (tertiary/aromatic N) is 1. The summed E-state index contributed by atoms with van der Waals surface area (Å²) in [5.41, 5.74) is -0.664. The molecule has 0 saturated heterocycles. The van der Waals surface area contributed by atoms with Gasteiger partial charge >= 0.3 is 0 Å². The van der Waals surface area contributed by atoms with Crippen molar-refractivity contribution in [2.24, 2.45) is 10.9 Å². The molecule has 2 aromatic carbocycles. The summed E-state index contributed by atoms with van der Waals surface area (Å²) >= 11 is 4.28. The summed E-state index contributed by atoms with van der Waals surface area (Å²) in [5.74, 6) is -4.94. The summed E-state index contributed by atoms with van der Waals surface area (Å²) in [6.45, 7) is 2.21. The molecule has 1 aliphatic rings. The molecule has 160 valence electrons. The van der Waals surface area contributed by atoms with Crippen LogP contribution in [-0.4, -0.2) is 5.16 Å². The van der Waals surface area contributed by atoms with Crippen LogP contribution in [0.25, 0.3) is 11.1 Å². The minimum absolute atomic E-state index is 0.0812. The van der Waals surface area contributed by atoms with Gasteiger partial charge in [0.1, 0.15) is 0 Å². The van der Waals surface area contributed by atoms with Crippen LogP contribution in [0.15, 0.2) is 29.3 Å². The number of benzene rings is 2. The lowest BCUT2D eigenvalue weighted by Gasteiger charge is -2.29. The zero-order valence-electron chi connectivity index (χ0n) is 17.0. The molecule has 0 N–H and O–H groups in total. The molecule has 0 radical (unpaired) electrons. The quantitative estimate of drug-likeness (QED) is 0.140. The highest BCUT2D eigenvalue weighted by Crippen LogP contribution is 2.40. The van der Waals surface area contributed by atoms with Crippen molar-refractivity contribution in [2.45, 2.75) is 64.2 Å². The van der Waals surface area contributed by atoms with E-state index in [1.54, 1.807) is 17.3 Å². The van der Waals surface area contributed by atoms with Crippen LogP contribution in [-0.2, 0) is 0 Å². The third-order valence-corrected chi connectivity index (χ3v) is 6.22. The molecule has 0 spiro atoms. The molecule has 30 heavy (non-hydrogen) atoms. The average Bonchev–Trinajstić information content (AvgIpc) is 2.77. The summed E-state index contributed by atoms with van der Waals surface area (Å²) in [6.07, 6.45) is 9.67. The molecular weight excluding hydrogens is 410 g/mol. The van der Waals surface area contributed by atoms with Crippen molar-refractivity contribution in [3.05, 3.63) is 53.1 Å². The Morgan fingerprint density at radius 1 is 0.900 bits per heavy atom. The van der Waals surface area contributed by atoms with E-state index in [0.717, 1.165) is 24.3 Å². The number of isothiocyanates is 1. The second-order valence-electron chi connectivity index (χ2n) is 8.02. The van der Waals surface area contributed by atoms with Gasteiger partial charge in [-0.3, -0.25) is 0 Å². The number of aliphatic imine (C=N–C) groups is 1. The molecule has 1 fully saturated rings. The van der Waals surface area contributed by atoms with Crippen LogP contribution in [0, 0.1) is 29.2 Å². The van der Waals surface area contributed by atoms with E-state index in [1.165, 1.54) is 50.7 Å².